The predicted octanol–water partition coefficient (Wildman–Crippen LogP) is 5.74. The maximum absolute atomic E-state index is 14.9. The number of ketones is 2. The second-order valence-corrected chi connectivity index (χ2v) is 20.0. The summed E-state index contributed by atoms with van der Waals surface area (Å²) in [5.41, 5.74) is -8.48. The van der Waals surface area contributed by atoms with Gasteiger partial charge in [-0.25, -0.2) is 14.4 Å². The number of carbonyl (C=O) groups excluding carboxylic acids is 6. The molecule has 15 nitrogen and oxygen atoms in total. The molecule has 64 heavy (non-hydrogen) atoms. The van der Waals surface area contributed by atoms with E-state index in [9.17, 15) is 44.1 Å². The van der Waals surface area contributed by atoms with Crippen molar-refractivity contribution in [3.05, 3.63) is 71.8 Å². The zero-order valence-corrected chi connectivity index (χ0v) is 38.2. The number of carbonyl (C=O) groups is 6. The summed E-state index contributed by atoms with van der Waals surface area (Å²) in [6, 6.07) is 14.9. The maximum Gasteiger partial charge on any atom is 0.408 e. The molecule has 350 valence electrons. The molecule has 3 aliphatic carbocycles. The van der Waals surface area contributed by atoms with Gasteiger partial charge in [0.1, 0.15) is 35.1 Å². The first-order valence-corrected chi connectivity index (χ1v) is 22.5. The summed E-state index contributed by atoms with van der Waals surface area (Å²) in [7, 11) is 0. The summed E-state index contributed by atoms with van der Waals surface area (Å²) in [4.78, 5) is 85.8. The third kappa shape index (κ3) is 9.10. The minimum atomic E-state index is -2.35. The van der Waals surface area contributed by atoms with Crippen molar-refractivity contribution < 1.29 is 67.8 Å². The van der Waals surface area contributed by atoms with Crippen molar-refractivity contribution in [3.63, 3.8) is 0 Å². The largest absolute Gasteiger partial charge is 0.459 e. The third-order valence-electron chi connectivity index (χ3n) is 14.3. The van der Waals surface area contributed by atoms with Crippen molar-refractivity contribution in [2.24, 2.45) is 28.6 Å². The van der Waals surface area contributed by atoms with E-state index in [-0.39, 0.29) is 25.0 Å². The molecule has 12 unspecified atom stereocenters. The zero-order chi connectivity index (χ0) is 47.0. The number of unbranched alkanes of at least 4 members (excludes halogenated alkanes) is 4. The number of aliphatic hydroxyl groups excluding tert-OH is 1. The predicted molar refractivity (Wildman–Crippen MR) is 230 cm³/mol. The first-order chi connectivity index (χ1) is 30.0. The lowest BCUT2D eigenvalue weighted by Crippen LogP contribution is -2.82. The maximum atomic E-state index is 14.9. The van der Waals surface area contributed by atoms with E-state index in [2.05, 4.69) is 12.2 Å². The Kier molecular flexibility index (Phi) is 14.2. The van der Waals surface area contributed by atoms with Crippen molar-refractivity contribution in [3.8, 4) is 0 Å². The van der Waals surface area contributed by atoms with Crippen molar-refractivity contribution >= 4 is 35.6 Å². The average molecular weight is 892 g/mol. The van der Waals surface area contributed by atoms with Crippen LogP contribution in [0, 0.1) is 28.6 Å². The quantitative estimate of drug-likeness (QED) is 0.0769. The fourth-order valence-electron chi connectivity index (χ4n) is 10.6. The Morgan fingerprint density at radius 2 is 1.53 bits per heavy atom. The summed E-state index contributed by atoms with van der Waals surface area (Å²) in [6.07, 6.45) is -5.20. The molecule has 1 aliphatic heterocycles. The fourth-order valence-corrected chi connectivity index (χ4v) is 10.6. The molecular weight excluding hydrogens is 827 g/mol. The van der Waals surface area contributed by atoms with Gasteiger partial charge in [-0.05, 0) is 51.8 Å². The van der Waals surface area contributed by atoms with Crippen LogP contribution in [0.5, 0.6) is 0 Å². The SMILES string of the molecule is CCCCCCCC(=O)OC(C(=O)OC1CC2(O)C(OC(=O)c3ccccc3)C3C4(O)COC4CC(O)C3(C)C(=O)C(=O)C(C1C)C2(C)C)C(NC(=O)OC(C)(C)C)c1ccccc1. The Labute approximate surface area is 374 Å². The molecule has 3 saturated carbocycles. The van der Waals surface area contributed by atoms with Crippen LogP contribution in [0.15, 0.2) is 60.7 Å². The summed E-state index contributed by atoms with van der Waals surface area (Å²) < 4.78 is 29.8. The highest BCUT2D eigenvalue weighted by atomic mass is 16.6. The molecule has 15 heteroatoms. The summed E-state index contributed by atoms with van der Waals surface area (Å²) in [5, 5.41) is 40.4. The van der Waals surface area contributed by atoms with Gasteiger partial charge < -0.3 is 44.3 Å². The Balaban J connectivity index is 1.44. The molecule has 1 amide bonds. The van der Waals surface area contributed by atoms with Crippen LogP contribution in [0.2, 0.25) is 0 Å². The number of nitrogens with one attached hydrogen (secondary N) is 1. The molecule has 4 N–H and O–H groups in total. The van der Waals surface area contributed by atoms with Gasteiger partial charge >= 0.3 is 24.0 Å². The molecular formula is C49H65NO14. The third-order valence-corrected chi connectivity index (χ3v) is 14.3. The topological polar surface area (TPSA) is 221 Å². The number of ether oxygens (including phenoxy) is 5. The smallest absolute Gasteiger partial charge is 0.408 e. The number of hydrogen-bond donors (Lipinski definition) is 4. The van der Waals surface area contributed by atoms with E-state index in [0.717, 1.165) is 25.7 Å². The van der Waals surface area contributed by atoms with Crippen molar-refractivity contribution in [2.75, 3.05) is 6.61 Å². The van der Waals surface area contributed by atoms with E-state index >= 15 is 0 Å². The van der Waals surface area contributed by atoms with Crippen LogP contribution in [0.3, 0.4) is 0 Å². The molecule has 2 aromatic rings. The zero-order valence-electron chi connectivity index (χ0n) is 38.2. The van der Waals surface area contributed by atoms with E-state index in [1.54, 1.807) is 90.1 Å². The Bertz CT molecular complexity index is 2050. The molecule has 4 aliphatic rings. The molecule has 0 aromatic heterocycles. The van der Waals surface area contributed by atoms with Gasteiger partial charge in [-0.3, -0.25) is 14.4 Å². The molecule has 12 atom stereocenters. The van der Waals surface area contributed by atoms with Crippen LogP contribution in [0.25, 0.3) is 0 Å². The van der Waals surface area contributed by atoms with Crippen molar-refractivity contribution in [2.45, 2.75) is 160 Å². The number of fused-ring (bicyclic) bond motifs is 5. The van der Waals surface area contributed by atoms with Crippen LogP contribution in [0.1, 0.15) is 129 Å². The van der Waals surface area contributed by atoms with Crippen molar-refractivity contribution in [1.82, 2.24) is 5.32 Å². The monoisotopic (exact) mass is 891 g/mol. The molecule has 0 radical (unpaired) electrons. The average Bonchev–Trinajstić information content (AvgIpc) is 3.23. The van der Waals surface area contributed by atoms with Crippen LogP contribution in [-0.4, -0.2) is 105 Å². The lowest BCUT2D eigenvalue weighted by molar-refractivity contribution is -0.348. The van der Waals surface area contributed by atoms with Crippen LogP contribution in [-0.2, 0) is 42.9 Å². The Morgan fingerprint density at radius 3 is 2.12 bits per heavy atom. The van der Waals surface area contributed by atoms with Gasteiger partial charge in [0, 0.05) is 42.4 Å². The highest BCUT2D eigenvalue weighted by molar-refractivity contribution is 6.40. The number of amides is 1. The fraction of sp³-hybridized carbons (Fsp3) is 0.633. The van der Waals surface area contributed by atoms with E-state index < -0.39 is 124 Å². The molecule has 6 rings (SSSR count). The van der Waals surface area contributed by atoms with Gasteiger partial charge in [-0.1, -0.05) is 102 Å². The number of hydrogen-bond acceptors (Lipinski definition) is 14. The van der Waals surface area contributed by atoms with E-state index in [1.807, 2.05) is 0 Å². The second kappa shape index (κ2) is 18.7. The first kappa shape index (κ1) is 48.7. The molecule has 0 spiro atoms. The number of aliphatic hydroxyl groups is 3. The molecule has 2 bridgehead atoms. The van der Waals surface area contributed by atoms with Gasteiger partial charge in [-0.15, -0.1) is 0 Å². The highest BCUT2D eigenvalue weighted by Crippen LogP contribution is 2.63. The normalized spacial score (nSPS) is 32.8. The molecule has 4 fully saturated rings. The van der Waals surface area contributed by atoms with Gasteiger partial charge in [0.2, 0.25) is 17.7 Å². The Hall–Kier alpha value is -4.70. The van der Waals surface area contributed by atoms with Gasteiger partial charge in [0.25, 0.3) is 0 Å². The van der Waals surface area contributed by atoms with E-state index in [0.29, 0.717) is 12.0 Å². The first-order valence-electron chi connectivity index (χ1n) is 22.5. The highest BCUT2D eigenvalue weighted by Gasteiger charge is 2.77. The second-order valence-electron chi connectivity index (χ2n) is 20.0. The molecule has 1 saturated heterocycles. The number of rotatable bonds is 14. The lowest BCUT2D eigenvalue weighted by Gasteiger charge is -2.67. The van der Waals surface area contributed by atoms with Crippen molar-refractivity contribution in [1.29, 1.82) is 0 Å². The summed E-state index contributed by atoms with van der Waals surface area (Å²) in [6.45, 7) is 12.8. The number of benzene rings is 2. The minimum Gasteiger partial charge on any atom is -0.459 e. The van der Waals surface area contributed by atoms with E-state index in [4.69, 9.17) is 23.7 Å². The number of esters is 3. The molecule has 1 heterocycles. The number of Topliss-reactive ketones (excluding diaryl/α,β-unsaturated/α-hetero) is 2. The Morgan fingerprint density at radius 1 is 0.906 bits per heavy atom. The number of alkyl carbamates (subject to hydrolysis) is 1. The summed E-state index contributed by atoms with van der Waals surface area (Å²) >= 11 is 0. The molecule has 2 aromatic carbocycles. The van der Waals surface area contributed by atoms with Crippen LogP contribution >= 0.6 is 0 Å². The van der Waals surface area contributed by atoms with E-state index in [1.165, 1.54) is 19.1 Å². The van der Waals surface area contributed by atoms with Gasteiger partial charge in [0.05, 0.1) is 29.8 Å². The van der Waals surface area contributed by atoms with Gasteiger partial charge in [-0.2, -0.15) is 0 Å². The lowest BCUT2D eigenvalue weighted by atomic mass is 9.42. The van der Waals surface area contributed by atoms with Crippen LogP contribution < -0.4 is 5.32 Å². The van der Waals surface area contributed by atoms with Gasteiger partial charge in [0.15, 0.2) is 0 Å². The minimum absolute atomic E-state index is 0.0397. The standard InChI is InChI=1S/C49H65NO14/c1-9-10-11-12-19-24-34(52)62-38(36(29-20-15-13-16-21-29)50-44(57)64-45(3,4)5)43(56)61-31-26-49(59)41(63-42(55)30-22-17-14-18-23-30)39-47(8,32(51)25-33-48(39,58)27-60-33)40(54)37(53)35(28(31)2)46(49,6)7/h13-18,20-23,28,31-33,35-36,38-39,41,51,58-59H,9-12,19,24-27H2,1-8H3,(H,50,57). The summed E-state index contributed by atoms with van der Waals surface area (Å²) in [5.74, 6) is -8.81. The van der Waals surface area contributed by atoms with Crippen LogP contribution in [0.4, 0.5) is 4.79 Å².